The van der Waals surface area contributed by atoms with Gasteiger partial charge in [0.1, 0.15) is 5.75 Å². The Hall–Kier alpha value is -2.69. The Morgan fingerprint density at radius 1 is 1.15 bits per heavy atom. The van der Waals surface area contributed by atoms with Crippen molar-refractivity contribution < 1.29 is 9.50 Å². The molecule has 20 heavy (non-hydrogen) atoms. The molecule has 0 radical (unpaired) electrons. The zero-order valence-corrected chi connectivity index (χ0v) is 10.8. The van der Waals surface area contributed by atoms with Crippen molar-refractivity contribution in [2.24, 2.45) is 0 Å². The molecule has 2 aromatic heterocycles. The van der Waals surface area contributed by atoms with Crippen LogP contribution in [0.25, 0.3) is 21.9 Å². The number of hydrogen-bond donors (Lipinski definition) is 2. The molecule has 0 saturated heterocycles. The predicted molar refractivity (Wildman–Crippen MR) is 75.7 cm³/mol. The Kier molecular flexibility index (Phi) is 2.75. The molecule has 0 aliphatic rings. The topological polar surface area (TPSA) is 72.0 Å². The van der Waals surface area contributed by atoms with Crippen molar-refractivity contribution in [1.82, 2.24) is 9.97 Å². The highest BCUT2D eigenvalue weighted by Gasteiger charge is 2.15. The minimum Gasteiger partial charge on any atom is -0.506 e. The normalized spacial score (nSPS) is 10.9. The zero-order chi connectivity index (χ0) is 14.3. The average molecular weight is 269 g/mol. The van der Waals surface area contributed by atoms with Crippen molar-refractivity contribution in [3.8, 4) is 16.9 Å². The summed E-state index contributed by atoms with van der Waals surface area (Å²) >= 11 is 0. The smallest absolute Gasteiger partial charge is 0.154 e. The van der Waals surface area contributed by atoms with Gasteiger partial charge in [0.2, 0.25) is 0 Å². The summed E-state index contributed by atoms with van der Waals surface area (Å²) < 4.78 is 14.5. The van der Waals surface area contributed by atoms with Crippen LogP contribution in [0.5, 0.6) is 5.75 Å². The highest BCUT2D eigenvalue weighted by atomic mass is 19.1. The van der Waals surface area contributed by atoms with Gasteiger partial charge in [0.05, 0.1) is 11.9 Å². The summed E-state index contributed by atoms with van der Waals surface area (Å²) in [6.45, 7) is 1.71. The highest BCUT2D eigenvalue weighted by Crippen LogP contribution is 2.35. The highest BCUT2D eigenvalue weighted by molar-refractivity contribution is 5.97. The molecule has 0 bridgehead atoms. The van der Waals surface area contributed by atoms with Crippen molar-refractivity contribution in [3.05, 3.63) is 48.3 Å². The second kappa shape index (κ2) is 4.45. The lowest BCUT2D eigenvalue weighted by atomic mass is 9.98. The standard InChI is InChI=1S/C15H12FN3O/c1-8-11(5-19-7-13(8)20)10-4-9-2-3-18-6-12(9)15(17)14(10)16/h2-7,20H,17H2,1H3. The van der Waals surface area contributed by atoms with E-state index in [-0.39, 0.29) is 11.4 Å². The van der Waals surface area contributed by atoms with E-state index in [1.165, 1.54) is 18.6 Å². The molecule has 0 aliphatic carbocycles. The van der Waals surface area contributed by atoms with Crippen LogP contribution in [0.3, 0.4) is 0 Å². The number of aromatic hydroxyl groups is 1. The van der Waals surface area contributed by atoms with E-state index in [4.69, 9.17) is 5.73 Å². The summed E-state index contributed by atoms with van der Waals surface area (Å²) in [7, 11) is 0. The Morgan fingerprint density at radius 3 is 2.75 bits per heavy atom. The second-order valence-corrected chi connectivity index (χ2v) is 4.58. The molecule has 5 heteroatoms. The van der Waals surface area contributed by atoms with Crippen molar-refractivity contribution in [2.45, 2.75) is 6.92 Å². The molecule has 0 spiro atoms. The van der Waals surface area contributed by atoms with Crippen molar-refractivity contribution in [1.29, 1.82) is 0 Å². The molecule has 0 fully saturated rings. The fraction of sp³-hybridized carbons (Fsp3) is 0.0667. The van der Waals surface area contributed by atoms with E-state index in [1.807, 2.05) is 0 Å². The Bertz CT molecular complexity index is 818. The maximum Gasteiger partial charge on any atom is 0.154 e. The maximum atomic E-state index is 14.5. The van der Waals surface area contributed by atoms with Gasteiger partial charge < -0.3 is 10.8 Å². The number of nitrogens with zero attached hydrogens (tertiary/aromatic N) is 2. The van der Waals surface area contributed by atoms with Gasteiger partial charge in [-0.25, -0.2) is 4.39 Å². The van der Waals surface area contributed by atoms with Gasteiger partial charge in [0, 0.05) is 40.7 Å². The minimum atomic E-state index is -0.527. The van der Waals surface area contributed by atoms with Crippen LogP contribution in [-0.4, -0.2) is 15.1 Å². The largest absolute Gasteiger partial charge is 0.506 e. The van der Waals surface area contributed by atoms with Crippen LogP contribution in [0.2, 0.25) is 0 Å². The number of fused-ring (bicyclic) bond motifs is 1. The van der Waals surface area contributed by atoms with Crippen LogP contribution in [0.15, 0.2) is 36.9 Å². The number of rotatable bonds is 1. The first kappa shape index (κ1) is 12.3. The minimum absolute atomic E-state index is 0.0234. The number of aromatic nitrogens is 2. The number of benzene rings is 1. The maximum absolute atomic E-state index is 14.5. The lowest BCUT2D eigenvalue weighted by Crippen LogP contribution is -1.97. The van der Waals surface area contributed by atoms with E-state index in [0.29, 0.717) is 22.1 Å². The summed E-state index contributed by atoms with van der Waals surface area (Å²) in [5.74, 6) is -0.503. The van der Waals surface area contributed by atoms with Gasteiger partial charge >= 0.3 is 0 Å². The molecule has 0 saturated carbocycles. The third-order valence-electron chi connectivity index (χ3n) is 3.40. The quantitative estimate of drug-likeness (QED) is 0.666. The Morgan fingerprint density at radius 2 is 1.95 bits per heavy atom. The van der Waals surface area contributed by atoms with E-state index in [0.717, 1.165) is 5.39 Å². The number of nitrogen functional groups attached to an aromatic ring is 1. The van der Waals surface area contributed by atoms with E-state index < -0.39 is 5.82 Å². The Labute approximate surface area is 114 Å². The van der Waals surface area contributed by atoms with Crippen LogP contribution in [0.4, 0.5) is 10.1 Å². The summed E-state index contributed by atoms with van der Waals surface area (Å²) in [5.41, 5.74) is 7.30. The van der Waals surface area contributed by atoms with E-state index in [1.54, 1.807) is 25.3 Å². The lowest BCUT2D eigenvalue weighted by Gasteiger charge is -2.12. The molecule has 0 atom stereocenters. The summed E-state index contributed by atoms with van der Waals surface area (Å²) in [6.07, 6.45) is 5.99. The van der Waals surface area contributed by atoms with Gasteiger partial charge in [0.25, 0.3) is 0 Å². The van der Waals surface area contributed by atoms with Crippen molar-refractivity contribution in [2.75, 3.05) is 5.73 Å². The molecular weight excluding hydrogens is 257 g/mol. The van der Waals surface area contributed by atoms with Gasteiger partial charge in [-0.2, -0.15) is 0 Å². The molecule has 3 rings (SSSR count). The molecule has 3 N–H and O–H groups in total. The van der Waals surface area contributed by atoms with Gasteiger partial charge in [0.15, 0.2) is 5.82 Å². The van der Waals surface area contributed by atoms with Crippen LogP contribution in [0.1, 0.15) is 5.56 Å². The average Bonchev–Trinajstić information content (AvgIpc) is 2.46. The molecule has 3 aromatic rings. The van der Waals surface area contributed by atoms with Crippen molar-refractivity contribution >= 4 is 16.5 Å². The molecule has 0 amide bonds. The number of anilines is 1. The van der Waals surface area contributed by atoms with E-state index in [2.05, 4.69) is 9.97 Å². The second-order valence-electron chi connectivity index (χ2n) is 4.58. The summed E-state index contributed by atoms with van der Waals surface area (Å²) in [6, 6.07) is 3.45. The van der Waals surface area contributed by atoms with Crippen LogP contribution >= 0.6 is 0 Å². The third kappa shape index (κ3) is 1.75. The van der Waals surface area contributed by atoms with Gasteiger partial charge in [-0.05, 0) is 24.4 Å². The monoisotopic (exact) mass is 269 g/mol. The first-order valence-corrected chi connectivity index (χ1v) is 6.05. The molecule has 2 heterocycles. The fourth-order valence-corrected chi connectivity index (χ4v) is 2.22. The molecule has 4 nitrogen and oxygen atoms in total. The SMILES string of the molecule is Cc1c(O)cncc1-c1cc2ccncc2c(N)c1F. The molecule has 1 aromatic carbocycles. The van der Waals surface area contributed by atoms with Crippen LogP contribution in [0, 0.1) is 12.7 Å². The number of hydrogen-bond acceptors (Lipinski definition) is 4. The third-order valence-corrected chi connectivity index (χ3v) is 3.40. The number of pyridine rings is 2. The molecule has 100 valence electrons. The van der Waals surface area contributed by atoms with Gasteiger partial charge in [-0.1, -0.05) is 0 Å². The molecular formula is C15H12FN3O. The van der Waals surface area contributed by atoms with Crippen molar-refractivity contribution in [3.63, 3.8) is 0 Å². The van der Waals surface area contributed by atoms with E-state index >= 15 is 0 Å². The van der Waals surface area contributed by atoms with E-state index in [9.17, 15) is 9.50 Å². The summed E-state index contributed by atoms with van der Waals surface area (Å²) in [5, 5.41) is 11.1. The number of nitrogens with two attached hydrogens (primary N) is 1. The summed E-state index contributed by atoms with van der Waals surface area (Å²) in [4.78, 5) is 7.85. The van der Waals surface area contributed by atoms with Crippen LogP contribution in [-0.2, 0) is 0 Å². The Balaban J connectivity index is 2.37. The lowest BCUT2D eigenvalue weighted by molar-refractivity contribution is 0.468. The fourth-order valence-electron chi connectivity index (χ4n) is 2.22. The zero-order valence-electron chi connectivity index (χ0n) is 10.8. The molecule has 0 aliphatic heterocycles. The van der Waals surface area contributed by atoms with Gasteiger partial charge in [-0.15, -0.1) is 0 Å². The predicted octanol–water partition coefficient (Wildman–Crippen LogP) is 3.03. The first-order valence-electron chi connectivity index (χ1n) is 6.05. The first-order chi connectivity index (χ1) is 9.59. The van der Waals surface area contributed by atoms with Gasteiger partial charge in [-0.3, -0.25) is 9.97 Å². The number of halogens is 1. The molecule has 0 unspecified atom stereocenters. The van der Waals surface area contributed by atoms with Crippen LogP contribution < -0.4 is 5.73 Å².